The molecule has 2 heterocycles. The molecule has 2 aromatic carbocycles. The molecule has 0 spiro atoms. The van der Waals surface area contributed by atoms with Gasteiger partial charge in [-0.05, 0) is 29.1 Å². The van der Waals surface area contributed by atoms with Gasteiger partial charge in [0.25, 0.3) is 0 Å². The second-order valence-corrected chi connectivity index (χ2v) is 7.02. The highest BCUT2D eigenvalue weighted by Crippen LogP contribution is 2.22. The monoisotopic (exact) mass is 390 g/mol. The van der Waals surface area contributed by atoms with E-state index >= 15 is 0 Å². The lowest BCUT2D eigenvalue weighted by Crippen LogP contribution is -2.32. The molecule has 0 aliphatic carbocycles. The van der Waals surface area contributed by atoms with E-state index < -0.39 is 6.04 Å². The van der Waals surface area contributed by atoms with Crippen LogP contribution in [0, 0.1) is 0 Å². The number of carbonyl (C=O) groups excluding carboxylic acids is 1. The molecule has 4 aromatic rings. The number of benzene rings is 2. The molecule has 1 atom stereocenters. The van der Waals surface area contributed by atoms with Crippen LogP contribution in [0.15, 0.2) is 82.7 Å². The van der Waals surface area contributed by atoms with Crippen molar-refractivity contribution in [3.63, 3.8) is 0 Å². The molecule has 2 N–H and O–H groups in total. The summed E-state index contributed by atoms with van der Waals surface area (Å²) in [4.78, 5) is 18.2. The van der Waals surface area contributed by atoms with Crippen molar-refractivity contribution in [1.29, 1.82) is 0 Å². The molecular weight excluding hydrogens is 372 g/mol. The molecule has 2 aromatic heterocycles. The third-order valence-electron chi connectivity index (χ3n) is 4.10. The number of rotatable bonds is 7. The maximum absolute atomic E-state index is 12.9. The van der Waals surface area contributed by atoms with E-state index in [1.807, 2.05) is 78.2 Å². The average molecular weight is 390 g/mol. The first kappa shape index (κ1) is 18.1. The van der Waals surface area contributed by atoms with Crippen LogP contribution in [0.3, 0.4) is 0 Å². The lowest BCUT2D eigenvalue weighted by atomic mass is 10.1. The Bertz CT molecular complexity index is 1020. The summed E-state index contributed by atoms with van der Waals surface area (Å²) in [6.07, 6.45) is 0. The molecule has 0 bridgehead atoms. The normalized spacial score (nSPS) is 11.9. The number of aromatic nitrogens is 2. The molecule has 0 aliphatic rings. The van der Waals surface area contributed by atoms with E-state index in [1.54, 1.807) is 11.3 Å². The van der Waals surface area contributed by atoms with E-state index in [9.17, 15) is 4.79 Å². The van der Waals surface area contributed by atoms with Crippen LogP contribution in [0.4, 0.5) is 5.69 Å². The highest BCUT2D eigenvalue weighted by Gasteiger charge is 2.21. The number of anilines is 1. The molecule has 1 amide bonds. The standard InChI is InChI=1S/C21H18N4O2S/c26-21(23-16-10-5-2-6-11-16)19(15-8-3-1-4-9-15)22-14-18-24-20(25-27-18)17-12-7-13-28-17/h1-13,19,22H,14H2,(H,23,26). The van der Waals surface area contributed by atoms with Gasteiger partial charge in [0.05, 0.1) is 11.4 Å². The van der Waals surface area contributed by atoms with Gasteiger partial charge in [0.15, 0.2) is 0 Å². The van der Waals surface area contributed by atoms with E-state index in [-0.39, 0.29) is 12.5 Å². The van der Waals surface area contributed by atoms with Crippen molar-refractivity contribution in [2.75, 3.05) is 5.32 Å². The van der Waals surface area contributed by atoms with Crippen molar-refractivity contribution in [3.8, 4) is 10.7 Å². The first-order chi connectivity index (χ1) is 13.8. The Morgan fingerprint density at radius 2 is 1.75 bits per heavy atom. The van der Waals surface area contributed by atoms with E-state index in [4.69, 9.17) is 4.52 Å². The zero-order valence-electron chi connectivity index (χ0n) is 14.9. The SMILES string of the molecule is O=C(Nc1ccccc1)C(NCc1nc(-c2cccs2)no1)c1ccccc1. The Morgan fingerprint density at radius 3 is 2.46 bits per heavy atom. The smallest absolute Gasteiger partial charge is 0.246 e. The summed E-state index contributed by atoms with van der Waals surface area (Å²) in [6, 6.07) is 22.2. The Balaban J connectivity index is 1.49. The molecular formula is C21H18N4O2S. The van der Waals surface area contributed by atoms with Gasteiger partial charge in [-0.2, -0.15) is 4.98 Å². The van der Waals surface area contributed by atoms with E-state index in [1.165, 1.54) is 0 Å². The third-order valence-corrected chi connectivity index (χ3v) is 4.97. The topological polar surface area (TPSA) is 80.0 Å². The van der Waals surface area contributed by atoms with Crippen molar-refractivity contribution in [1.82, 2.24) is 15.5 Å². The number of hydrogen-bond acceptors (Lipinski definition) is 6. The van der Waals surface area contributed by atoms with Gasteiger partial charge in [-0.15, -0.1) is 11.3 Å². The zero-order chi connectivity index (χ0) is 19.2. The van der Waals surface area contributed by atoms with Crippen LogP contribution < -0.4 is 10.6 Å². The number of para-hydroxylation sites is 1. The molecule has 0 saturated carbocycles. The number of amides is 1. The van der Waals surface area contributed by atoms with Crippen molar-refractivity contribution >= 4 is 22.9 Å². The number of hydrogen-bond donors (Lipinski definition) is 2. The van der Waals surface area contributed by atoms with Crippen LogP contribution in [0.25, 0.3) is 10.7 Å². The summed E-state index contributed by atoms with van der Waals surface area (Å²) in [5, 5.41) is 12.1. The number of nitrogens with one attached hydrogen (secondary N) is 2. The summed E-state index contributed by atoms with van der Waals surface area (Å²) in [5.41, 5.74) is 1.60. The summed E-state index contributed by atoms with van der Waals surface area (Å²) in [6.45, 7) is 0.278. The quantitative estimate of drug-likeness (QED) is 0.493. The van der Waals surface area contributed by atoms with Gasteiger partial charge in [-0.25, -0.2) is 0 Å². The Morgan fingerprint density at radius 1 is 1.00 bits per heavy atom. The highest BCUT2D eigenvalue weighted by molar-refractivity contribution is 7.13. The fourth-order valence-electron chi connectivity index (χ4n) is 2.77. The molecule has 0 aliphatic heterocycles. The van der Waals surface area contributed by atoms with Crippen molar-refractivity contribution in [3.05, 3.63) is 89.6 Å². The molecule has 6 nitrogen and oxygen atoms in total. The van der Waals surface area contributed by atoms with Crippen LogP contribution in [-0.2, 0) is 11.3 Å². The van der Waals surface area contributed by atoms with Crippen LogP contribution in [0.5, 0.6) is 0 Å². The summed E-state index contributed by atoms with van der Waals surface area (Å²) < 4.78 is 5.32. The maximum atomic E-state index is 12.9. The molecule has 0 fully saturated rings. The average Bonchev–Trinajstić information content (AvgIpc) is 3.42. The molecule has 140 valence electrons. The lowest BCUT2D eigenvalue weighted by molar-refractivity contribution is -0.118. The van der Waals surface area contributed by atoms with Crippen molar-refractivity contribution in [2.24, 2.45) is 0 Å². The van der Waals surface area contributed by atoms with Gasteiger partial charge < -0.3 is 9.84 Å². The fourth-order valence-corrected chi connectivity index (χ4v) is 3.41. The number of carbonyl (C=O) groups is 1. The highest BCUT2D eigenvalue weighted by atomic mass is 32.1. The van der Waals surface area contributed by atoms with Crippen LogP contribution in [0.1, 0.15) is 17.5 Å². The van der Waals surface area contributed by atoms with E-state index in [2.05, 4.69) is 20.8 Å². The number of nitrogens with zero attached hydrogens (tertiary/aromatic N) is 2. The van der Waals surface area contributed by atoms with Crippen LogP contribution >= 0.6 is 11.3 Å². The lowest BCUT2D eigenvalue weighted by Gasteiger charge is -2.18. The van der Waals surface area contributed by atoms with Gasteiger partial charge in [-0.3, -0.25) is 10.1 Å². The Labute approximate surface area is 166 Å². The number of thiophene rings is 1. The van der Waals surface area contributed by atoms with Crippen molar-refractivity contribution < 1.29 is 9.32 Å². The van der Waals surface area contributed by atoms with Gasteiger partial charge in [0.2, 0.25) is 17.6 Å². The first-order valence-electron chi connectivity index (χ1n) is 8.80. The molecule has 0 radical (unpaired) electrons. The maximum Gasteiger partial charge on any atom is 0.246 e. The molecule has 28 heavy (non-hydrogen) atoms. The van der Waals surface area contributed by atoms with E-state index in [0.29, 0.717) is 11.7 Å². The zero-order valence-corrected chi connectivity index (χ0v) is 15.7. The minimum absolute atomic E-state index is 0.157. The first-order valence-corrected chi connectivity index (χ1v) is 9.68. The predicted molar refractivity (Wildman–Crippen MR) is 109 cm³/mol. The predicted octanol–water partition coefficient (Wildman–Crippen LogP) is 4.27. The van der Waals surface area contributed by atoms with Crippen LogP contribution in [0.2, 0.25) is 0 Å². The summed E-state index contributed by atoms with van der Waals surface area (Å²) in [5.74, 6) is 0.823. The minimum Gasteiger partial charge on any atom is -0.338 e. The molecule has 1 unspecified atom stereocenters. The van der Waals surface area contributed by atoms with Gasteiger partial charge in [0, 0.05) is 5.69 Å². The molecule has 4 rings (SSSR count). The fraction of sp³-hybridized carbons (Fsp3) is 0.0952. The Kier molecular flexibility index (Phi) is 5.56. The van der Waals surface area contributed by atoms with Gasteiger partial charge >= 0.3 is 0 Å². The molecule has 0 saturated heterocycles. The molecule has 7 heteroatoms. The summed E-state index contributed by atoms with van der Waals surface area (Å²) >= 11 is 1.55. The second kappa shape index (κ2) is 8.60. The summed E-state index contributed by atoms with van der Waals surface area (Å²) in [7, 11) is 0. The third kappa shape index (κ3) is 4.33. The Hall–Kier alpha value is -3.29. The van der Waals surface area contributed by atoms with Gasteiger partial charge in [0.1, 0.15) is 6.04 Å². The van der Waals surface area contributed by atoms with Crippen LogP contribution in [-0.4, -0.2) is 16.0 Å². The largest absolute Gasteiger partial charge is 0.338 e. The van der Waals surface area contributed by atoms with Gasteiger partial charge in [-0.1, -0.05) is 59.8 Å². The van der Waals surface area contributed by atoms with Crippen molar-refractivity contribution in [2.45, 2.75) is 12.6 Å². The second-order valence-electron chi connectivity index (χ2n) is 6.07. The van der Waals surface area contributed by atoms with E-state index in [0.717, 1.165) is 16.1 Å². The minimum atomic E-state index is -0.557.